The van der Waals surface area contributed by atoms with Crippen LogP contribution in [0.25, 0.3) is 11.3 Å². The zero-order valence-electron chi connectivity index (χ0n) is 19.8. The van der Waals surface area contributed by atoms with Crippen molar-refractivity contribution in [2.75, 3.05) is 13.1 Å². The molecular formula is C26H32N6O2. The third kappa shape index (κ3) is 3.30. The number of rotatable bonds is 4. The summed E-state index contributed by atoms with van der Waals surface area (Å²) in [7, 11) is 0. The fraction of sp³-hybridized carbons (Fsp3) is 0.538. The molecule has 0 radical (unpaired) electrons. The Bertz CT molecular complexity index is 1210. The summed E-state index contributed by atoms with van der Waals surface area (Å²) in [6.45, 7) is 6.41. The highest BCUT2D eigenvalue weighted by Crippen LogP contribution is 2.47. The Labute approximate surface area is 199 Å². The van der Waals surface area contributed by atoms with E-state index in [2.05, 4.69) is 57.9 Å². The first-order chi connectivity index (χ1) is 16.5. The number of aryl methyl sites for hydroxylation is 1. The number of piperidine rings is 1. The van der Waals surface area contributed by atoms with E-state index in [1.165, 1.54) is 11.1 Å². The van der Waals surface area contributed by atoms with Crippen LogP contribution in [-0.2, 0) is 17.8 Å². The Kier molecular flexibility index (Phi) is 5.09. The van der Waals surface area contributed by atoms with Gasteiger partial charge in [0.05, 0.1) is 36.3 Å². The first-order valence-electron chi connectivity index (χ1n) is 12.4. The Morgan fingerprint density at radius 1 is 1.21 bits per heavy atom. The van der Waals surface area contributed by atoms with Crippen molar-refractivity contribution in [3.8, 4) is 11.3 Å². The van der Waals surface area contributed by atoms with Crippen LogP contribution in [0.4, 0.5) is 0 Å². The number of benzene rings is 1. The normalized spacial score (nSPS) is 24.7. The maximum atomic E-state index is 13.3. The van der Waals surface area contributed by atoms with Gasteiger partial charge in [-0.3, -0.25) is 4.79 Å². The molecule has 178 valence electrons. The van der Waals surface area contributed by atoms with Crippen LogP contribution < -0.4 is 0 Å². The summed E-state index contributed by atoms with van der Waals surface area (Å²) in [5.74, 6) is 1.22. The molecule has 0 saturated carbocycles. The Morgan fingerprint density at radius 2 is 2.00 bits per heavy atom. The third-order valence-electron chi connectivity index (χ3n) is 8.63. The Morgan fingerprint density at radius 3 is 2.82 bits per heavy atom. The minimum Gasteiger partial charge on any atom is -0.392 e. The number of aliphatic hydroxyl groups is 1. The van der Waals surface area contributed by atoms with Gasteiger partial charge >= 0.3 is 0 Å². The summed E-state index contributed by atoms with van der Waals surface area (Å²) in [6.07, 6.45) is 8.30. The Balaban J connectivity index is 1.14. The van der Waals surface area contributed by atoms with Gasteiger partial charge in [0.2, 0.25) is 5.91 Å². The summed E-state index contributed by atoms with van der Waals surface area (Å²) >= 11 is 0. The second kappa shape index (κ2) is 8.05. The van der Waals surface area contributed by atoms with E-state index >= 15 is 0 Å². The molecule has 3 aliphatic rings. The summed E-state index contributed by atoms with van der Waals surface area (Å²) in [5, 5.41) is 19.8. The van der Waals surface area contributed by atoms with Crippen LogP contribution in [0, 0.1) is 17.3 Å². The van der Waals surface area contributed by atoms with Gasteiger partial charge in [-0.25, -0.2) is 4.98 Å². The zero-order chi connectivity index (χ0) is 23.4. The van der Waals surface area contributed by atoms with Gasteiger partial charge in [0, 0.05) is 37.5 Å². The van der Waals surface area contributed by atoms with Crippen LogP contribution >= 0.6 is 0 Å². The van der Waals surface area contributed by atoms with E-state index in [-0.39, 0.29) is 29.2 Å². The molecule has 1 N–H and O–H groups in total. The molecule has 8 heteroatoms. The molecule has 1 aromatic carbocycles. The smallest absolute Gasteiger partial charge is 0.227 e. The number of carbonyl (C=O) groups is 1. The molecule has 1 fully saturated rings. The molecule has 3 aliphatic heterocycles. The summed E-state index contributed by atoms with van der Waals surface area (Å²) in [5.41, 5.74) is 3.35. The highest BCUT2D eigenvalue weighted by molar-refractivity contribution is 5.79. The Hall–Kier alpha value is -3.00. The third-order valence-corrected chi connectivity index (χ3v) is 8.63. The molecule has 1 amide bonds. The largest absolute Gasteiger partial charge is 0.392 e. The van der Waals surface area contributed by atoms with Crippen LogP contribution in [0.3, 0.4) is 0 Å². The molecule has 4 unspecified atom stereocenters. The van der Waals surface area contributed by atoms with Gasteiger partial charge in [0.25, 0.3) is 0 Å². The number of imidazole rings is 1. The summed E-state index contributed by atoms with van der Waals surface area (Å²) in [4.78, 5) is 19.6. The molecular weight excluding hydrogens is 428 g/mol. The van der Waals surface area contributed by atoms with Gasteiger partial charge in [0.1, 0.15) is 12.2 Å². The SMILES string of the molecule is CC(C1c2ccccc2-c2cncn21)C(O)C1(C)CCN(C(=O)C2CCc3nncn3C2)CC1. The van der Waals surface area contributed by atoms with Gasteiger partial charge < -0.3 is 19.1 Å². The van der Waals surface area contributed by atoms with Gasteiger partial charge in [0.15, 0.2) is 0 Å². The van der Waals surface area contributed by atoms with E-state index in [4.69, 9.17) is 0 Å². The topological polar surface area (TPSA) is 89.1 Å². The van der Waals surface area contributed by atoms with E-state index in [9.17, 15) is 9.90 Å². The summed E-state index contributed by atoms with van der Waals surface area (Å²) < 4.78 is 4.22. The minimum atomic E-state index is -0.481. The van der Waals surface area contributed by atoms with E-state index in [0.717, 1.165) is 37.2 Å². The lowest BCUT2D eigenvalue weighted by atomic mass is 9.69. The fourth-order valence-electron chi connectivity index (χ4n) is 6.47. The van der Waals surface area contributed by atoms with Gasteiger partial charge in [-0.2, -0.15) is 0 Å². The number of fused-ring (bicyclic) bond motifs is 4. The molecule has 5 heterocycles. The molecule has 0 aliphatic carbocycles. The minimum absolute atomic E-state index is 0.00800. The molecule has 3 aromatic rings. The average Bonchev–Trinajstić information content (AvgIpc) is 3.58. The molecule has 8 nitrogen and oxygen atoms in total. The monoisotopic (exact) mass is 460 g/mol. The van der Waals surface area contributed by atoms with E-state index < -0.39 is 6.10 Å². The molecule has 4 atom stereocenters. The lowest BCUT2D eigenvalue weighted by Crippen LogP contribution is -2.51. The first kappa shape index (κ1) is 21.5. The molecule has 2 aromatic heterocycles. The van der Waals surface area contributed by atoms with Crippen LogP contribution in [0.2, 0.25) is 0 Å². The van der Waals surface area contributed by atoms with Crippen molar-refractivity contribution >= 4 is 5.91 Å². The van der Waals surface area contributed by atoms with Gasteiger partial charge in [-0.05, 0) is 30.2 Å². The number of hydrogen-bond donors (Lipinski definition) is 1. The highest BCUT2D eigenvalue weighted by atomic mass is 16.3. The van der Waals surface area contributed by atoms with Crippen LogP contribution in [0.5, 0.6) is 0 Å². The van der Waals surface area contributed by atoms with Crippen LogP contribution in [0.1, 0.15) is 50.5 Å². The molecule has 0 bridgehead atoms. The maximum Gasteiger partial charge on any atom is 0.227 e. The van der Waals surface area contributed by atoms with Crippen molar-refractivity contribution in [1.82, 2.24) is 29.2 Å². The van der Waals surface area contributed by atoms with Crippen molar-refractivity contribution in [2.24, 2.45) is 17.3 Å². The predicted molar refractivity (Wildman–Crippen MR) is 127 cm³/mol. The van der Waals surface area contributed by atoms with Crippen molar-refractivity contribution in [3.05, 3.63) is 54.5 Å². The van der Waals surface area contributed by atoms with Crippen molar-refractivity contribution in [1.29, 1.82) is 0 Å². The molecule has 6 rings (SSSR count). The van der Waals surface area contributed by atoms with E-state index in [1.807, 2.05) is 22.0 Å². The number of aromatic nitrogens is 5. The quantitative estimate of drug-likeness (QED) is 0.647. The molecule has 0 spiro atoms. The number of likely N-dealkylation sites (tertiary alicyclic amines) is 1. The first-order valence-corrected chi connectivity index (χ1v) is 12.4. The number of carbonyl (C=O) groups excluding carboxylic acids is 1. The maximum absolute atomic E-state index is 13.3. The number of aliphatic hydroxyl groups excluding tert-OH is 1. The number of hydrogen-bond acceptors (Lipinski definition) is 5. The van der Waals surface area contributed by atoms with Gasteiger partial charge in [-0.15, -0.1) is 10.2 Å². The van der Waals surface area contributed by atoms with Crippen LogP contribution in [-0.4, -0.2) is 59.4 Å². The number of amides is 1. The highest BCUT2D eigenvalue weighted by Gasteiger charge is 2.45. The predicted octanol–water partition coefficient (Wildman–Crippen LogP) is 2.93. The average molecular weight is 461 g/mol. The summed E-state index contributed by atoms with van der Waals surface area (Å²) in [6, 6.07) is 8.52. The molecule has 34 heavy (non-hydrogen) atoms. The lowest BCUT2D eigenvalue weighted by Gasteiger charge is -2.46. The van der Waals surface area contributed by atoms with Crippen molar-refractivity contribution < 1.29 is 9.90 Å². The number of nitrogens with zero attached hydrogens (tertiary/aromatic N) is 6. The lowest BCUT2D eigenvalue weighted by molar-refractivity contribution is -0.141. The molecule has 1 saturated heterocycles. The second-order valence-electron chi connectivity index (χ2n) is 10.6. The fourth-order valence-corrected chi connectivity index (χ4v) is 6.47. The van der Waals surface area contributed by atoms with E-state index in [0.29, 0.717) is 19.6 Å². The van der Waals surface area contributed by atoms with Crippen LogP contribution in [0.15, 0.2) is 43.1 Å². The van der Waals surface area contributed by atoms with Crippen molar-refractivity contribution in [2.45, 2.75) is 58.2 Å². The zero-order valence-corrected chi connectivity index (χ0v) is 19.8. The van der Waals surface area contributed by atoms with Crippen molar-refractivity contribution in [3.63, 3.8) is 0 Å². The standard InChI is InChI=1S/C26H32N6O2/c1-17(23-20-6-4-3-5-19(20)21-13-27-15-32(21)23)24(33)26(2)9-11-30(12-10-26)25(34)18-7-8-22-29-28-16-31(22)14-18/h3-6,13,15-18,23-24,33H,7-12,14H2,1-2H3. The second-order valence-corrected chi connectivity index (χ2v) is 10.6. The van der Waals surface area contributed by atoms with Gasteiger partial charge in [-0.1, -0.05) is 38.1 Å². The van der Waals surface area contributed by atoms with E-state index in [1.54, 1.807) is 6.33 Å².